The molecule has 1 aromatic rings. The van der Waals surface area contributed by atoms with Crippen LogP contribution in [-0.2, 0) is 4.74 Å². The fraction of sp³-hybridized carbons (Fsp3) is 0.647. The second-order valence-corrected chi connectivity index (χ2v) is 6.27. The molecule has 2 fully saturated rings. The number of β-amino-alcohol motifs (C(OH)–C–C–N with tert-alkyl or cyclic N) is 1. The monoisotopic (exact) mass is 305 g/mol. The Kier molecular flexibility index (Phi) is 5.81. The number of aliphatic hydroxyl groups excluding tert-OH is 1. The van der Waals surface area contributed by atoms with Crippen molar-refractivity contribution in [2.24, 2.45) is 0 Å². The van der Waals surface area contributed by atoms with Gasteiger partial charge in [-0.15, -0.1) is 0 Å². The Balaban J connectivity index is 1.58. The van der Waals surface area contributed by atoms with E-state index in [1.54, 1.807) is 0 Å². The van der Waals surface area contributed by atoms with Gasteiger partial charge in [0.1, 0.15) is 0 Å². The normalized spacial score (nSPS) is 25.4. The zero-order chi connectivity index (χ0) is 15.2. The van der Waals surface area contributed by atoms with Crippen molar-refractivity contribution in [3.05, 3.63) is 35.9 Å². The van der Waals surface area contributed by atoms with Gasteiger partial charge in [-0.1, -0.05) is 30.3 Å². The summed E-state index contributed by atoms with van der Waals surface area (Å²) >= 11 is 0. The first-order valence-corrected chi connectivity index (χ1v) is 8.33. The second-order valence-electron chi connectivity index (χ2n) is 6.27. The Morgan fingerprint density at radius 3 is 2.64 bits per heavy atom. The largest absolute Gasteiger partial charge is 0.392 e. The van der Waals surface area contributed by atoms with Crippen LogP contribution in [0.1, 0.15) is 17.9 Å². The Hall–Kier alpha value is -0.980. The Labute approximate surface area is 132 Å². The molecule has 122 valence electrons. The minimum absolute atomic E-state index is 0.149. The van der Waals surface area contributed by atoms with E-state index in [0.29, 0.717) is 5.92 Å². The zero-order valence-corrected chi connectivity index (χ0v) is 13.2. The van der Waals surface area contributed by atoms with E-state index in [1.807, 2.05) is 0 Å². The highest BCUT2D eigenvalue weighted by Gasteiger charge is 2.24. The predicted molar refractivity (Wildman–Crippen MR) is 86.6 cm³/mol. The molecule has 0 bridgehead atoms. The number of likely N-dealkylation sites (tertiary alicyclic amines) is 1. The minimum atomic E-state index is -0.149. The van der Waals surface area contributed by atoms with Crippen LogP contribution in [0, 0.1) is 0 Å². The van der Waals surface area contributed by atoms with Crippen molar-refractivity contribution < 1.29 is 9.84 Å². The molecule has 0 aromatic heterocycles. The molecule has 0 radical (unpaired) electrons. The quantitative estimate of drug-likeness (QED) is 0.809. The summed E-state index contributed by atoms with van der Waals surface area (Å²) in [5.74, 6) is 0.439. The number of morpholine rings is 1. The molecule has 0 unspecified atom stereocenters. The van der Waals surface area contributed by atoms with Gasteiger partial charge in [0.2, 0.25) is 0 Å². The maximum Gasteiger partial charge on any atom is 0.0679 e. The first-order valence-electron chi connectivity index (χ1n) is 8.33. The molecule has 2 N–H and O–H groups in total. The fourth-order valence-electron chi connectivity index (χ4n) is 3.26. The highest BCUT2D eigenvalue weighted by atomic mass is 16.5. The molecule has 22 heavy (non-hydrogen) atoms. The number of hydrazine groups is 1. The lowest BCUT2D eigenvalue weighted by Crippen LogP contribution is -2.48. The number of nitrogens with zero attached hydrogens (tertiary/aromatic N) is 2. The summed E-state index contributed by atoms with van der Waals surface area (Å²) in [6.07, 6.45) is 0.752. The smallest absolute Gasteiger partial charge is 0.0679 e. The molecule has 0 amide bonds. The Bertz CT molecular complexity index is 437. The highest BCUT2D eigenvalue weighted by molar-refractivity contribution is 5.20. The van der Waals surface area contributed by atoms with E-state index in [9.17, 15) is 5.11 Å². The van der Waals surface area contributed by atoms with Crippen LogP contribution in [0.25, 0.3) is 0 Å². The van der Waals surface area contributed by atoms with Crippen LogP contribution in [0.2, 0.25) is 0 Å². The average Bonchev–Trinajstić information content (AvgIpc) is 2.98. The molecule has 1 aromatic carbocycles. The van der Waals surface area contributed by atoms with Gasteiger partial charge < -0.3 is 14.7 Å². The van der Waals surface area contributed by atoms with Gasteiger partial charge in [0.25, 0.3) is 0 Å². The van der Waals surface area contributed by atoms with E-state index < -0.39 is 0 Å². The van der Waals surface area contributed by atoms with Crippen LogP contribution < -0.4 is 5.43 Å². The number of nitrogens with one attached hydrogen (secondary N) is 1. The van der Waals surface area contributed by atoms with Gasteiger partial charge in [0.05, 0.1) is 19.3 Å². The minimum Gasteiger partial charge on any atom is -0.392 e. The molecule has 2 aliphatic rings. The molecular formula is C17H27N3O2. The molecule has 3 rings (SSSR count). The van der Waals surface area contributed by atoms with E-state index in [4.69, 9.17) is 4.74 Å². The van der Waals surface area contributed by atoms with Crippen LogP contribution >= 0.6 is 0 Å². The van der Waals surface area contributed by atoms with Crippen molar-refractivity contribution in [1.82, 2.24) is 15.3 Å². The van der Waals surface area contributed by atoms with E-state index in [0.717, 1.165) is 58.9 Å². The molecular weight excluding hydrogens is 278 g/mol. The highest BCUT2D eigenvalue weighted by Crippen LogP contribution is 2.19. The molecule has 5 heteroatoms. The van der Waals surface area contributed by atoms with Gasteiger partial charge >= 0.3 is 0 Å². The average molecular weight is 305 g/mol. The predicted octanol–water partition coefficient (Wildman–Crippen LogP) is 0.674. The van der Waals surface area contributed by atoms with Crippen LogP contribution in [0.3, 0.4) is 0 Å². The van der Waals surface area contributed by atoms with Gasteiger partial charge in [-0.3, -0.25) is 5.43 Å². The number of rotatable bonds is 6. The van der Waals surface area contributed by atoms with Crippen molar-refractivity contribution in [2.75, 3.05) is 52.5 Å². The van der Waals surface area contributed by atoms with Crippen LogP contribution in [0.4, 0.5) is 0 Å². The summed E-state index contributed by atoms with van der Waals surface area (Å²) in [5.41, 5.74) is 4.93. The summed E-state index contributed by atoms with van der Waals surface area (Å²) < 4.78 is 5.39. The maximum absolute atomic E-state index is 9.74. The van der Waals surface area contributed by atoms with Gasteiger partial charge in [-0.25, -0.2) is 5.01 Å². The number of ether oxygens (including phenoxy) is 1. The number of aliphatic hydroxyl groups is 1. The molecule has 0 saturated carbocycles. The van der Waals surface area contributed by atoms with E-state index in [1.165, 1.54) is 5.56 Å². The first-order chi connectivity index (χ1) is 10.8. The second kappa shape index (κ2) is 8.04. The summed E-state index contributed by atoms with van der Waals surface area (Å²) in [6, 6.07) is 10.7. The Morgan fingerprint density at radius 1 is 1.18 bits per heavy atom. The maximum atomic E-state index is 9.74. The SMILES string of the molecule is O[C@H]1CCN(C[C@@H](CNN2CCOCC2)c2ccccc2)C1. The van der Waals surface area contributed by atoms with Gasteiger partial charge in [-0.2, -0.15) is 0 Å². The number of benzene rings is 1. The third kappa shape index (κ3) is 4.51. The van der Waals surface area contributed by atoms with Crippen molar-refractivity contribution in [3.63, 3.8) is 0 Å². The molecule has 0 aliphatic carbocycles. The van der Waals surface area contributed by atoms with Gasteiger partial charge in [0.15, 0.2) is 0 Å². The lowest BCUT2D eigenvalue weighted by atomic mass is 9.98. The lowest BCUT2D eigenvalue weighted by Gasteiger charge is -2.31. The number of hydrogen-bond acceptors (Lipinski definition) is 5. The lowest BCUT2D eigenvalue weighted by molar-refractivity contribution is 0.0104. The van der Waals surface area contributed by atoms with Crippen molar-refractivity contribution in [1.29, 1.82) is 0 Å². The molecule has 2 heterocycles. The molecule has 2 atom stereocenters. The number of hydrogen-bond donors (Lipinski definition) is 2. The standard InChI is InChI=1S/C17H27N3O2/c21-17-6-7-19(14-17)13-16(15-4-2-1-3-5-15)12-18-20-8-10-22-11-9-20/h1-5,16-18,21H,6-14H2/t16-,17+/m1/s1. The molecule has 0 spiro atoms. The topological polar surface area (TPSA) is 48.0 Å². The third-order valence-electron chi connectivity index (χ3n) is 4.57. The van der Waals surface area contributed by atoms with Crippen LogP contribution in [0.5, 0.6) is 0 Å². The first kappa shape index (κ1) is 15.9. The van der Waals surface area contributed by atoms with Crippen LogP contribution in [-0.4, -0.2) is 73.6 Å². The van der Waals surface area contributed by atoms with E-state index in [-0.39, 0.29) is 6.10 Å². The Morgan fingerprint density at radius 2 is 1.95 bits per heavy atom. The van der Waals surface area contributed by atoms with Gasteiger partial charge in [-0.05, 0) is 12.0 Å². The fourth-order valence-corrected chi connectivity index (χ4v) is 3.26. The third-order valence-corrected chi connectivity index (χ3v) is 4.57. The summed E-state index contributed by atoms with van der Waals surface area (Å²) in [7, 11) is 0. The summed E-state index contributed by atoms with van der Waals surface area (Å²) in [4.78, 5) is 2.38. The summed E-state index contributed by atoms with van der Waals surface area (Å²) in [5, 5.41) is 12.0. The van der Waals surface area contributed by atoms with Crippen molar-refractivity contribution in [3.8, 4) is 0 Å². The van der Waals surface area contributed by atoms with Crippen molar-refractivity contribution in [2.45, 2.75) is 18.4 Å². The molecule has 2 aliphatic heterocycles. The summed E-state index contributed by atoms with van der Waals surface area (Å²) in [6.45, 7) is 7.24. The van der Waals surface area contributed by atoms with Crippen molar-refractivity contribution >= 4 is 0 Å². The van der Waals surface area contributed by atoms with E-state index >= 15 is 0 Å². The van der Waals surface area contributed by atoms with Crippen LogP contribution in [0.15, 0.2) is 30.3 Å². The molecule has 2 saturated heterocycles. The van der Waals surface area contributed by atoms with Gasteiger partial charge in [0, 0.05) is 45.2 Å². The zero-order valence-electron chi connectivity index (χ0n) is 13.2. The van der Waals surface area contributed by atoms with E-state index in [2.05, 4.69) is 45.7 Å². The molecule has 5 nitrogen and oxygen atoms in total.